The van der Waals surface area contributed by atoms with Gasteiger partial charge in [-0.25, -0.2) is 0 Å². The van der Waals surface area contributed by atoms with Gasteiger partial charge in [-0.2, -0.15) is 10.2 Å². The molecule has 1 amide bonds. The highest BCUT2D eigenvalue weighted by Gasteiger charge is 2.17. The van der Waals surface area contributed by atoms with Gasteiger partial charge in [0.05, 0.1) is 11.4 Å². The van der Waals surface area contributed by atoms with Crippen molar-refractivity contribution < 1.29 is 4.79 Å². The molecule has 8 heteroatoms. The molecule has 0 unspecified atom stereocenters. The molecule has 0 saturated heterocycles. The molecular formula is C20H21BrN6O. The molecule has 0 radical (unpaired) electrons. The monoisotopic (exact) mass is 440 g/mol. The summed E-state index contributed by atoms with van der Waals surface area (Å²) in [6.07, 6.45) is 2.03. The van der Waals surface area contributed by atoms with E-state index >= 15 is 0 Å². The molecule has 3 aromatic heterocycles. The van der Waals surface area contributed by atoms with Crippen LogP contribution in [0.25, 0.3) is 22.2 Å². The predicted octanol–water partition coefficient (Wildman–Crippen LogP) is 3.57. The topological polar surface area (TPSA) is 80.5 Å². The van der Waals surface area contributed by atoms with Crippen LogP contribution in [0, 0.1) is 13.8 Å². The van der Waals surface area contributed by atoms with Crippen LogP contribution in [0.1, 0.15) is 21.9 Å². The van der Waals surface area contributed by atoms with Gasteiger partial charge in [-0.15, -0.1) is 0 Å². The second-order valence-corrected chi connectivity index (χ2v) is 7.72. The molecule has 2 N–H and O–H groups in total. The Balaban J connectivity index is 1.43. The van der Waals surface area contributed by atoms with Gasteiger partial charge in [0.15, 0.2) is 0 Å². The quantitative estimate of drug-likeness (QED) is 0.497. The number of carbonyl (C=O) groups is 1. The highest BCUT2D eigenvalue weighted by atomic mass is 79.9. The Bertz CT molecular complexity index is 1170. The summed E-state index contributed by atoms with van der Waals surface area (Å²) in [5.74, 6) is -0.171. The molecule has 144 valence electrons. The largest absolute Gasteiger partial charge is 0.349 e. The molecule has 4 rings (SSSR count). The van der Waals surface area contributed by atoms with Crippen LogP contribution >= 0.6 is 15.9 Å². The van der Waals surface area contributed by atoms with E-state index in [1.165, 1.54) is 5.39 Å². The summed E-state index contributed by atoms with van der Waals surface area (Å²) in [7, 11) is 1.90. The van der Waals surface area contributed by atoms with E-state index in [1.54, 1.807) is 6.07 Å². The number of benzene rings is 1. The lowest BCUT2D eigenvalue weighted by Gasteiger charge is -2.07. The first-order valence-electron chi connectivity index (χ1n) is 9.02. The predicted molar refractivity (Wildman–Crippen MR) is 112 cm³/mol. The number of nitrogens with one attached hydrogen (secondary N) is 2. The highest BCUT2D eigenvalue weighted by molar-refractivity contribution is 9.10. The van der Waals surface area contributed by atoms with E-state index in [0.29, 0.717) is 18.8 Å². The molecular weight excluding hydrogens is 420 g/mol. The smallest absolute Gasteiger partial charge is 0.269 e. The Morgan fingerprint density at radius 2 is 2.07 bits per heavy atom. The number of hydrogen-bond donors (Lipinski definition) is 2. The Morgan fingerprint density at radius 3 is 2.82 bits per heavy atom. The fourth-order valence-corrected chi connectivity index (χ4v) is 3.80. The standard InChI is InChI=1S/C20H21BrN6O/c1-12-19(13(2)26(3)25-12)16-11-17(24-23-16)20(28)22-7-9-27-8-6-14-4-5-15(21)10-18(14)27/h4-6,8,10-11H,7,9H2,1-3H3,(H,22,28)(H,23,24). The van der Waals surface area contributed by atoms with Crippen molar-refractivity contribution in [2.45, 2.75) is 20.4 Å². The highest BCUT2D eigenvalue weighted by Crippen LogP contribution is 2.25. The number of aryl methyl sites for hydroxylation is 2. The Labute approximate surface area is 170 Å². The average Bonchev–Trinajstić information content (AvgIpc) is 3.34. The molecule has 0 aliphatic carbocycles. The summed E-state index contributed by atoms with van der Waals surface area (Å²) < 4.78 is 4.98. The van der Waals surface area contributed by atoms with Crippen LogP contribution in [0.4, 0.5) is 0 Å². The van der Waals surface area contributed by atoms with Crippen molar-refractivity contribution in [3.63, 3.8) is 0 Å². The van der Waals surface area contributed by atoms with E-state index in [2.05, 4.69) is 59.3 Å². The first-order chi connectivity index (χ1) is 13.4. The van der Waals surface area contributed by atoms with E-state index in [-0.39, 0.29) is 5.91 Å². The molecule has 0 spiro atoms. The lowest BCUT2D eigenvalue weighted by molar-refractivity contribution is 0.0947. The first kappa shape index (κ1) is 18.5. The summed E-state index contributed by atoms with van der Waals surface area (Å²) in [6.45, 7) is 5.14. The maximum Gasteiger partial charge on any atom is 0.269 e. The molecule has 4 aromatic rings. The third-order valence-corrected chi connectivity index (χ3v) is 5.46. The zero-order valence-corrected chi connectivity index (χ0v) is 17.5. The van der Waals surface area contributed by atoms with Crippen LogP contribution in [-0.4, -0.2) is 37.0 Å². The molecule has 3 heterocycles. The molecule has 28 heavy (non-hydrogen) atoms. The van der Waals surface area contributed by atoms with Gasteiger partial charge in [-0.1, -0.05) is 22.0 Å². The maximum atomic E-state index is 12.5. The lowest BCUT2D eigenvalue weighted by Crippen LogP contribution is -2.27. The summed E-state index contributed by atoms with van der Waals surface area (Å²) in [5, 5.41) is 15.7. The van der Waals surface area contributed by atoms with Gasteiger partial charge in [-0.05, 0) is 43.5 Å². The Morgan fingerprint density at radius 1 is 1.25 bits per heavy atom. The zero-order valence-electron chi connectivity index (χ0n) is 16.0. The minimum Gasteiger partial charge on any atom is -0.349 e. The summed E-state index contributed by atoms with van der Waals surface area (Å²) in [5.41, 5.74) is 5.18. The fraction of sp³-hybridized carbons (Fsp3) is 0.250. The van der Waals surface area contributed by atoms with E-state index in [1.807, 2.05) is 37.8 Å². The van der Waals surface area contributed by atoms with Gasteiger partial charge < -0.3 is 9.88 Å². The number of aromatic amines is 1. The van der Waals surface area contributed by atoms with Crippen LogP contribution in [-0.2, 0) is 13.6 Å². The van der Waals surface area contributed by atoms with Gasteiger partial charge in [0, 0.05) is 47.6 Å². The first-order valence-corrected chi connectivity index (χ1v) is 9.82. The molecule has 0 atom stereocenters. The average molecular weight is 441 g/mol. The number of fused-ring (bicyclic) bond motifs is 1. The second-order valence-electron chi connectivity index (χ2n) is 6.80. The van der Waals surface area contributed by atoms with Crippen molar-refractivity contribution in [1.29, 1.82) is 0 Å². The maximum absolute atomic E-state index is 12.5. The van der Waals surface area contributed by atoms with Gasteiger partial charge in [0.25, 0.3) is 5.91 Å². The number of rotatable bonds is 5. The third-order valence-electron chi connectivity index (χ3n) is 4.96. The molecule has 0 aliphatic rings. The van der Waals surface area contributed by atoms with Gasteiger partial charge >= 0.3 is 0 Å². The minimum atomic E-state index is -0.171. The molecule has 7 nitrogen and oxygen atoms in total. The van der Waals surface area contributed by atoms with Gasteiger partial charge in [0.2, 0.25) is 0 Å². The van der Waals surface area contributed by atoms with Crippen molar-refractivity contribution in [2.75, 3.05) is 6.54 Å². The summed E-state index contributed by atoms with van der Waals surface area (Å²) >= 11 is 3.51. The van der Waals surface area contributed by atoms with E-state index in [4.69, 9.17) is 0 Å². The molecule has 0 aliphatic heterocycles. The summed E-state index contributed by atoms with van der Waals surface area (Å²) in [4.78, 5) is 12.5. The summed E-state index contributed by atoms with van der Waals surface area (Å²) in [6, 6.07) is 10.0. The van der Waals surface area contributed by atoms with E-state index in [0.717, 1.165) is 32.6 Å². The molecule has 0 bridgehead atoms. The van der Waals surface area contributed by atoms with Crippen LogP contribution in [0.5, 0.6) is 0 Å². The molecule has 0 fully saturated rings. The normalized spacial score (nSPS) is 11.3. The SMILES string of the molecule is Cc1nn(C)c(C)c1-c1cc(C(=O)NCCn2ccc3ccc(Br)cc32)[nH]n1. The van der Waals surface area contributed by atoms with Crippen molar-refractivity contribution in [3.8, 4) is 11.3 Å². The number of carbonyl (C=O) groups excluding carboxylic acids is 1. The number of aromatic nitrogens is 5. The number of nitrogens with zero attached hydrogens (tertiary/aromatic N) is 4. The number of H-pyrrole nitrogens is 1. The van der Waals surface area contributed by atoms with Crippen molar-refractivity contribution >= 4 is 32.7 Å². The Kier molecular flexibility index (Phi) is 4.80. The van der Waals surface area contributed by atoms with E-state index < -0.39 is 0 Å². The van der Waals surface area contributed by atoms with Crippen LogP contribution in [0.15, 0.2) is 41.0 Å². The minimum absolute atomic E-state index is 0.171. The number of hydrogen-bond acceptors (Lipinski definition) is 3. The zero-order chi connectivity index (χ0) is 19.8. The molecule has 1 aromatic carbocycles. The second kappa shape index (κ2) is 7.27. The Hall–Kier alpha value is -2.87. The van der Waals surface area contributed by atoms with Gasteiger partial charge in [-0.3, -0.25) is 14.6 Å². The van der Waals surface area contributed by atoms with Gasteiger partial charge in [0.1, 0.15) is 5.69 Å². The van der Waals surface area contributed by atoms with Crippen LogP contribution in [0.3, 0.4) is 0 Å². The van der Waals surface area contributed by atoms with Crippen molar-refractivity contribution in [2.24, 2.45) is 7.05 Å². The van der Waals surface area contributed by atoms with E-state index in [9.17, 15) is 4.79 Å². The fourth-order valence-electron chi connectivity index (χ4n) is 3.45. The number of amides is 1. The van der Waals surface area contributed by atoms with Crippen molar-refractivity contribution in [3.05, 3.63) is 58.1 Å². The lowest BCUT2D eigenvalue weighted by atomic mass is 10.1. The number of halogens is 1. The van der Waals surface area contributed by atoms with Crippen LogP contribution < -0.4 is 5.32 Å². The molecule has 0 saturated carbocycles. The third kappa shape index (κ3) is 3.35. The van der Waals surface area contributed by atoms with Crippen LogP contribution in [0.2, 0.25) is 0 Å². The van der Waals surface area contributed by atoms with Crippen molar-refractivity contribution in [1.82, 2.24) is 29.9 Å².